The highest BCUT2D eigenvalue weighted by molar-refractivity contribution is 7.89. The molecule has 0 saturated carbocycles. The maximum absolute atomic E-state index is 13.2. The molecule has 0 radical (unpaired) electrons. The second kappa shape index (κ2) is 8.81. The lowest BCUT2D eigenvalue weighted by molar-refractivity contribution is 0.102. The quantitative estimate of drug-likeness (QED) is 0.542. The molecule has 158 valence electrons. The lowest BCUT2D eigenvalue weighted by Gasteiger charge is -2.11. The van der Waals surface area contributed by atoms with Gasteiger partial charge in [-0.05, 0) is 63.2 Å². The Hall–Kier alpha value is -2.33. The number of aromatic nitrogens is 1. The first kappa shape index (κ1) is 22.4. The summed E-state index contributed by atoms with van der Waals surface area (Å²) in [7, 11) is -3.78. The standard InChI is InChI=1S/C20H19ClFN3O3S2/c1-11(2)25-30(27,28)15-8-9-17(21)16(10-15)19(26)24-20-23-18(12(3)29-20)13-4-6-14(22)7-5-13/h4-11,25H,1-3H3,(H,23,24,26). The fourth-order valence-electron chi connectivity index (χ4n) is 2.71. The largest absolute Gasteiger partial charge is 0.298 e. The van der Waals surface area contributed by atoms with E-state index in [-0.39, 0.29) is 27.3 Å². The van der Waals surface area contributed by atoms with Crippen LogP contribution in [0.25, 0.3) is 11.3 Å². The minimum atomic E-state index is -3.78. The molecule has 10 heteroatoms. The number of benzene rings is 2. The molecule has 3 rings (SSSR count). The monoisotopic (exact) mass is 467 g/mol. The number of thiazole rings is 1. The number of aryl methyl sites for hydroxylation is 1. The predicted octanol–water partition coefficient (Wildman–Crippen LogP) is 4.85. The molecule has 6 nitrogen and oxygen atoms in total. The maximum atomic E-state index is 13.2. The van der Waals surface area contributed by atoms with Crippen LogP contribution < -0.4 is 10.0 Å². The molecule has 0 spiro atoms. The highest BCUT2D eigenvalue weighted by Gasteiger charge is 2.21. The van der Waals surface area contributed by atoms with Crippen molar-refractivity contribution in [2.24, 2.45) is 0 Å². The summed E-state index contributed by atoms with van der Waals surface area (Å²) in [4.78, 5) is 17.9. The molecular formula is C20H19ClFN3O3S2. The van der Waals surface area contributed by atoms with Crippen LogP contribution in [0.2, 0.25) is 5.02 Å². The van der Waals surface area contributed by atoms with Gasteiger partial charge in [-0.15, -0.1) is 11.3 Å². The molecule has 3 aromatic rings. The molecular weight excluding hydrogens is 449 g/mol. The number of carbonyl (C=O) groups is 1. The van der Waals surface area contributed by atoms with Crippen molar-refractivity contribution in [3.63, 3.8) is 0 Å². The van der Waals surface area contributed by atoms with E-state index < -0.39 is 15.9 Å². The van der Waals surface area contributed by atoms with Gasteiger partial charge in [0.1, 0.15) is 5.82 Å². The zero-order valence-corrected chi connectivity index (χ0v) is 18.8. The van der Waals surface area contributed by atoms with E-state index in [0.717, 1.165) is 10.4 Å². The van der Waals surface area contributed by atoms with Gasteiger partial charge in [0, 0.05) is 16.5 Å². The average molecular weight is 468 g/mol. The van der Waals surface area contributed by atoms with Crippen molar-refractivity contribution >= 4 is 44.0 Å². The van der Waals surface area contributed by atoms with Crippen LogP contribution in [0.4, 0.5) is 9.52 Å². The van der Waals surface area contributed by atoms with Crippen LogP contribution >= 0.6 is 22.9 Å². The van der Waals surface area contributed by atoms with Gasteiger partial charge in [0.2, 0.25) is 10.0 Å². The highest BCUT2D eigenvalue weighted by atomic mass is 35.5. The average Bonchev–Trinajstić information content (AvgIpc) is 3.01. The van der Waals surface area contributed by atoms with Crippen molar-refractivity contribution in [3.8, 4) is 11.3 Å². The van der Waals surface area contributed by atoms with E-state index in [1.54, 1.807) is 26.0 Å². The molecule has 0 aliphatic carbocycles. The third kappa shape index (κ3) is 5.04. The first-order chi connectivity index (χ1) is 14.1. The second-order valence-corrected chi connectivity index (χ2v) is 10.1. The number of anilines is 1. The minimum Gasteiger partial charge on any atom is -0.298 e. The molecule has 1 heterocycles. The van der Waals surface area contributed by atoms with Crippen LogP contribution in [0.3, 0.4) is 0 Å². The maximum Gasteiger partial charge on any atom is 0.259 e. The third-order valence-corrected chi connectivity index (χ3v) is 6.89. The van der Waals surface area contributed by atoms with E-state index in [1.807, 2.05) is 6.92 Å². The van der Waals surface area contributed by atoms with Gasteiger partial charge in [0.05, 0.1) is 21.2 Å². The van der Waals surface area contributed by atoms with Gasteiger partial charge in [0.25, 0.3) is 5.91 Å². The first-order valence-corrected chi connectivity index (χ1v) is 11.6. The number of rotatable bonds is 6. The Kier molecular flexibility index (Phi) is 6.56. The van der Waals surface area contributed by atoms with Crippen molar-refractivity contribution in [1.82, 2.24) is 9.71 Å². The normalized spacial score (nSPS) is 11.7. The van der Waals surface area contributed by atoms with E-state index in [2.05, 4.69) is 15.0 Å². The number of carbonyl (C=O) groups excluding carboxylic acids is 1. The Labute approximate surface area is 183 Å². The Balaban J connectivity index is 1.87. The highest BCUT2D eigenvalue weighted by Crippen LogP contribution is 2.31. The fourth-order valence-corrected chi connectivity index (χ4v) is 5.02. The lowest BCUT2D eigenvalue weighted by Crippen LogP contribution is -2.30. The summed E-state index contributed by atoms with van der Waals surface area (Å²) in [5, 5.41) is 3.09. The number of hydrogen-bond acceptors (Lipinski definition) is 5. The first-order valence-electron chi connectivity index (χ1n) is 8.93. The Morgan fingerprint density at radius 1 is 1.17 bits per heavy atom. The summed E-state index contributed by atoms with van der Waals surface area (Å²) in [6.07, 6.45) is 0. The number of sulfonamides is 1. The van der Waals surface area contributed by atoms with Crippen LogP contribution in [0.15, 0.2) is 47.4 Å². The zero-order valence-electron chi connectivity index (χ0n) is 16.4. The molecule has 0 aliphatic heterocycles. The van der Waals surface area contributed by atoms with Crippen molar-refractivity contribution in [2.45, 2.75) is 31.7 Å². The van der Waals surface area contributed by atoms with Gasteiger partial charge >= 0.3 is 0 Å². The summed E-state index contributed by atoms with van der Waals surface area (Å²) in [5.74, 6) is -0.933. The summed E-state index contributed by atoms with van der Waals surface area (Å²) in [6, 6.07) is 9.51. The summed E-state index contributed by atoms with van der Waals surface area (Å²) >= 11 is 7.38. The molecule has 2 aromatic carbocycles. The summed E-state index contributed by atoms with van der Waals surface area (Å²) in [6.45, 7) is 5.24. The molecule has 1 aromatic heterocycles. The van der Waals surface area contributed by atoms with Crippen LogP contribution in [-0.4, -0.2) is 25.4 Å². The van der Waals surface area contributed by atoms with Crippen molar-refractivity contribution in [1.29, 1.82) is 0 Å². The van der Waals surface area contributed by atoms with E-state index in [0.29, 0.717) is 10.8 Å². The van der Waals surface area contributed by atoms with Gasteiger partial charge in [-0.3, -0.25) is 10.1 Å². The van der Waals surface area contributed by atoms with Gasteiger partial charge in [0.15, 0.2) is 5.13 Å². The summed E-state index contributed by atoms with van der Waals surface area (Å²) < 4.78 is 40.4. The van der Waals surface area contributed by atoms with Crippen LogP contribution in [0, 0.1) is 12.7 Å². The number of amides is 1. The van der Waals surface area contributed by atoms with Crippen molar-refractivity contribution in [3.05, 3.63) is 63.7 Å². The lowest BCUT2D eigenvalue weighted by atomic mass is 10.1. The molecule has 2 N–H and O–H groups in total. The number of nitrogens with zero attached hydrogens (tertiary/aromatic N) is 1. The van der Waals surface area contributed by atoms with E-state index in [4.69, 9.17) is 11.6 Å². The van der Waals surface area contributed by atoms with Gasteiger partial charge in [-0.1, -0.05) is 11.6 Å². The molecule has 0 aliphatic rings. The zero-order chi connectivity index (χ0) is 22.1. The minimum absolute atomic E-state index is 0.0134. The molecule has 0 bridgehead atoms. The van der Waals surface area contributed by atoms with Crippen molar-refractivity contribution < 1.29 is 17.6 Å². The molecule has 0 atom stereocenters. The third-order valence-electron chi connectivity index (χ3n) is 4.02. The van der Waals surface area contributed by atoms with Gasteiger partial charge < -0.3 is 0 Å². The van der Waals surface area contributed by atoms with Crippen LogP contribution in [0.1, 0.15) is 29.1 Å². The number of halogens is 2. The van der Waals surface area contributed by atoms with Crippen molar-refractivity contribution in [2.75, 3.05) is 5.32 Å². The molecule has 1 amide bonds. The summed E-state index contributed by atoms with van der Waals surface area (Å²) in [5.41, 5.74) is 1.36. The molecule has 0 saturated heterocycles. The topological polar surface area (TPSA) is 88.2 Å². The van der Waals surface area contributed by atoms with Gasteiger partial charge in [-0.25, -0.2) is 22.5 Å². The smallest absolute Gasteiger partial charge is 0.259 e. The SMILES string of the molecule is Cc1sc(NC(=O)c2cc(S(=O)(=O)NC(C)C)ccc2Cl)nc1-c1ccc(F)cc1. The Bertz CT molecular complexity index is 1190. The Morgan fingerprint density at radius 3 is 2.47 bits per heavy atom. The van der Waals surface area contributed by atoms with Gasteiger partial charge in [-0.2, -0.15) is 0 Å². The van der Waals surface area contributed by atoms with E-state index >= 15 is 0 Å². The fraction of sp³-hybridized carbons (Fsp3) is 0.200. The van der Waals surface area contributed by atoms with E-state index in [9.17, 15) is 17.6 Å². The van der Waals surface area contributed by atoms with Crippen LogP contribution in [0.5, 0.6) is 0 Å². The second-order valence-electron chi connectivity index (χ2n) is 6.80. The number of nitrogens with one attached hydrogen (secondary N) is 2. The predicted molar refractivity (Wildman–Crippen MR) is 117 cm³/mol. The number of hydrogen-bond donors (Lipinski definition) is 2. The molecule has 0 fully saturated rings. The van der Waals surface area contributed by atoms with Crippen LogP contribution in [-0.2, 0) is 10.0 Å². The van der Waals surface area contributed by atoms with E-state index in [1.165, 1.54) is 41.7 Å². The molecule has 0 unspecified atom stereocenters. The Morgan fingerprint density at radius 2 is 1.83 bits per heavy atom. The molecule has 30 heavy (non-hydrogen) atoms.